The van der Waals surface area contributed by atoms with E-state index in [-0.39, 0.29) is 5.78 Å². The van der Waals surface area contributed by atoms with Crippen molar-refractivity contribution in [3.05, 3.63) is 90.0 Å². The van der Waals surface area contributed by atoms with Gasteiger partial charge in [-0.1, -0.05) is 48.5 Å². The zero-order valence-corrected chi connectivity index (χ0v) is 19.3. The van der Waals surface area contributed by atoms with Crippen molar-refractivity contribution in [3.8, 4) is 0 Å². The number of nitrogens with one attached hydrogen (secondary N) is 1. The number of nitrogens with two attached hydrogens (primary N) is 1. The summed E-state index contributed by atoms with van der Waals surface area (Å²) < 4.78 is 4.91. The van der Waals surface area contributed by atoms with E-state index in [0.717, 1.165) is 26.2 Å². The number of nitrogen functional groups attached to an aromatic ring is 1. The summed E-state index contributed by atoms with van der Waals surface area (Å²) in [5, 5.41) is 3.30. The normalized spacial score (nSPS) is 14.9. The van der Waals surface area contributed by atoms with Gasteiger partial charge in [-0.3, -0.25) is 9.69 Å². The SMILES string of the molecule is COC(=O)c1ccc(N)cc1NCC(C(=O)c1ccccc1)N1CCN(c2ccccc2)CC1. The summed E-state index contributed by atoms with van der Waals surface area (Å²) in [4.78, 5) is 30.3. The van der Waals surface area contributed by atoms with Gasteiger partial charge in [-0.25, -0.2) is 4.79 Å². The lowest BCUT2D eigenvalue weighted by molar-refractivity contribution is 0.0601. The predicted octanol–water partition coefficient (Wildman–Crippen LogP) is 3.54. The number of hydrogen-bond acceptors (Lipinski definition) is 7. The van der Waals surface area contributed by atoms with Crippen molar-refractivity contribution in [2.75, 3.05) is 55.8 Å². The van der Waals surface area contributed by atoms with Crippen LogP contribution in [0.3, 0.4) is 0 Å². The van der Waals surface area contributed by atoms with Gasteiger partial charge in [0.25, 0.3) is 0 Å². The molecular weight excluding hydrogens is 428 g/mol. The van der Waals surface area contributed by atoms with Gasteiger partial charge in [0, 0.05) is 49.7 Å². The number of carbonyl (C=O) groups is 2. The number of rotatable bonds is 8. The highest BCUT2D eigenvalue weighted by Crippen LogP contribution is 2.22. The second-order valence-electron chi connectivity index (χ2n) is 8.28. The number of para-hydroxylation sites is 1. The number of esters is 1. The summed E-state index contributed by atoms with van der Waals surface area (Å²) in [6.45, 7) is 3.50. The first-order valence-corrected chi connectivity index (χ1v) is 11.4. The predicted molar refractivity (Wildman–Crippen MR) is 135 cm³/mol. The van der Waals surface area contributed by atoms with Gasteiger partial charge in [-0.2, -0.15) is 0 Å². The van der Waals surface area contributed by atoms with Gasteiger partial charge >= 0.3 is 5.97 Å². The van der Waals surface area contributed by atoms with Crippen LogP contribution in [0.1, 0.15) is 20.7 Å². The molecule has 1 atom stereocenters. The quantitative estimate of drug-likeness (QED) is 0.303. The third-order valence-corrected chi connectivity index (χ3v) is 6.17. The zero-order valence-electron chi connectivity index (χ0n) is 19.3. The van der Waals surface area contributed by atoms with Crippen molar-refractivity contribution in [2.45, 2.75) is 6.04 Å². The van der Waals surface area contributed by atoms with Crippen LogP contribution in [0, 0.1) is 0 Å². The molecule has 7 heteroatoms. The first-order valence-electron chi connectivity index (χ1n) is 11.4. The van der Waals surface area contributed by atoms with Gasteiger partial charge < -0.3 is 20.7 Å². The molecule has 0 radical (unpaired) electrons. The lowest BCUT2D eigenvalue weighted by atomic mass is 10.0. The molecule has 7 nitrogen and oxygen atoms in total. The average molecular weight is 459 g/mol. The van der Waals surface area contributed by atoms with Crippen LogP contribution in [-0.2, 0) is 4.74 Å². The summed E-state index contributed by atoms with van der Waals surface area (Å²) in [5.41, 5.74) is 9.29. The van der Waals surface area contributed by atoms with Crippen LogP contribution >= 0.6 is 0 Å². The molecule has 3 aromatic carbocycles. The molecule has 0 aromatic heterocycles. The number of methoxy groups -OCH3 is 1. The summed E-state index contributed by atoms with van der Waals surface area (Å²) in [6, 6.07) is 24.2. The van der Waals surface area contributed by atoms with Gasteiger partial charge in [-0.05, 0) is 30.3 Å². The van der Waals surface area contributed by atoms with Crippen LogP contribution in [0.5, 0.6) is 0 Å². The highest BCUT2D eigenvalue weighted by Gasteiger charge is 2.30. The number of ketones is 1. The minimum Gasteiger partial charge on any atom is -0.465 e. The van der Waals surface area contributed by atoms with Gasteiger partial charge in [-0.15, -0.1) is 0 Å². The molecule has 0 amide bonds. The number of Topliss-reactive ketones (excluding diaryl/α,β-unsaturated/α-hetero) is 1. The Bertz CT molecular complexity index is 1110. The maximum absolute atomic E-state index is 13.5. The molecule has 0 bridgehead atoms. The van der Waals surface area contributed by atoms with Crippen LogP contribution < -0.4 is 16.0 Å². The van der Waals surface area contributed by atoms with E-state index < -0.39 is 12.0 Å². The number of anilines is 3. The molecule has 4 rings (SSSR count). The maximum atomic E-state index is 13.5. The highest BCUT2D eigenvalue weighted by atomic mass is 16.5. The van der Waals surface area contributed by atoms with Crippen molar-refractivity contribution in [1.29, 1.82) is 0 Å². The summed E-state index contributed by atoms with van der Waals surface area (Å²) in [6.07, 6.45) is 0. The number of nitrogens with zero attached hydrogens (tertiary/aromatic N) is 2. The van der Waals surface area contributed by atoms with Crippen molar-refractivity contribution in [3.63, 3.8) is 0 Å². The van der Waals surface area contributed by atoms with Crippen LogP contribution in [0.15, 0.2) is 78.9 Å². The monoisotopic (exact) mass is 458 g/mol. The molecule has 176 valence electrons. The second-order valence-corrected chi connectivity index (χ2v) is 8.28. The van der Waals surface area contributed by atoms with E-state index in [1.165, 1.54) is 12.8 Å². The Kier molecular flexibility index (Phi) is 7.44. The third kappa shape index (κ3) is 5.38. The van der Waals surface area contributed by atoms with Crippen molar-refractivity contribution < 1.29 is 14.3 Å². The Labute approximate surface area is 200 Å². The summed E-state index contributed by atoms with van der Waals surface area (Å²) in [5.74, 6) is -0.408. The van der Waals surface area contributed by atoms with Crippen LogP contribution in [-0.4, -0.2) is 62.5 Å². The molecule has 3 N–H and O–H groups in total. The van der Waals surface area contributed by atoms with E-state index in [4.69, 9.17) is 10.5 Å². The molecule has 1 unspecified atom stereocenters. The standard InChI is InChI=1S/C27H30N4O3/c1-34-27(33)23-13-12-21(28)18-24(23)29-19-25(26(32)20-8-4-2-5-9-20)31-16-14-30(15-17-31)22-10-6-3-7-11-22/h2-13,18,25,29H,14-17,19,28H2,1H3. The third-order valence-electron chi connectivity index (χ3n) is 6.17. The molecule has 0 spiro atoms. The molecule has 1 saturated heterocycles. The fourth-order valence-electron chi connectivity index (χ4n) is 4.32. The number of piperazine rings is 1. The molecule has 1 aliphatic heterocycles. The first kappa shape index (κ1) is 23.3. The highest BCUT2D eigenvalue weighted by molar-refractivity contribution is 6.01. The largest absolute Gasteiger partial charge is 0.465 e. The Balaban J connectivity index is 1.53. The minimum atomic E-state index is -0.454. The van der Waals surface area contributed by atoms with E-state index in [1.54, 1.807) is 18.2 Å². The fourth-order valence-corrected chi connectivity index (χ4v) is 4.32. The Hall–Kier alpha value is -3.84. The maximum Gasteiger partial charge on any atom is 0.339 e. The average Bonchev–Trinajstić information content (AvgIpc) is 2.89. The lowest BCUT2D eigenvalue weighted by Crippen LogP contribution is -2.55. The molecular formula is C27H30N4O3. The summed E-state index contributed by atoms with van der Waals surface area (Å²) >= 11 is 0. The Morgan fingerprint density at radius 1 is 0.941 bits per heavy atom. The van der Waals surface area contributed by atoms with Crippen molar-refractivity contribution in [2.24, 2.45) is 0 Å². The Morgan fingerprint density at radius 3 is 2.24 bits per heavy atom. The minimum absolute atomic E-state index is 0.0461. The number of hydrogen-bond donors (Lipinski definition) is 2. The molecule has 34 heavy (non-hydrogen) atoms. The van der Waals surface area contributed by atoms with Crippen molar-refractivity contribution >= 4 is 28.8 Å². The van der Waals surface area contributed by atoms with Crippen LogP contribution in [0.4, 0.5) is 17.1 Å². The van der Waals surface area contributed by atoms with Crippen molar-refractivity contribution in [1.82, 2.24) is 4.90 Å². The van der Waals surface area contributed by atoms with Gasteiger partial charge in [0.1, 0.15) is 0 Å². The van der Waals surface area contributed by atoms with Gasteiger partial charge in [0.2, 0.25) is 0 Å². The number of ether oxygens (including phenoxy) is 1. The van der Waals surface area contributed by atoms with E-state index in [0.29, 0.717) is 29.0 Å². The smallest absolute Gasteiger partial charge is 0.339 e. The molecule has 0 aliphatic carbocycles. The molecule has 0 saturated carbocycles. The molecule has 3 aromatic rings. The van der Waals surface area contributed by atoms with Crippen LogP contribution in [0.2, 0.25) is 0 Å². The number of carbonyl (C=O) groups excluding carboxylic acids is 2. The van der Waals surface area contributed by atoms with E-state index in [9.17, 15) is 9.59 Å². The molecule has 1 aliphatic rings. The number of benzene rings is 3. The summed E-state index contributed by atoms with van der Waals surface area (Å²) in [7, 11) is 1.34. The Morgan fingerprint density at radius 2 is 1.59 bits per heavy atom. The fraction of sp³-hybridized carbons (Fsp3) is 0.259. The zero-order chi connectivity index (χ0) is 23.9. The van der Waals surface area contributed by atoms with Gasteiger partial charge in [0.05, 0.1) is 24.4 Å². The van der Waals surface area contributed by atoms with E-state index in [2.05, 4.69) is 27.2 Å². The molecule has 1 heterocycles. The molecule has 1 fully saturated rings. The van der Waals surface area contributed by atoms with E-state index >= 15 is 0 Å². The van der Waals surface area contributed by atoms with Crippen LogP contribution in [0.25, 0.3) is 0 Å². The van der Waals surface area contributed by atoms with Gasteiger partial charge in [0.15, 0.2) is 5.78 Å². The lowest BCUT2D eigenvalue weighted by Gasteiger charge is -2.40. The first-order chi connectivity index (χ1) is 16.6. The second kappa shape index (κ2) is 10.9. The topological polar surface area (TPSA) is 87.9 Å². The van der Waals surface area contributed by atoms with E-state index in [1.807, 2.05) is 48.5 Å².